The van der Waals surface area contributed by atoms with Crippen LogP contribution in [0.2, 0.25) is 0 Å². The number of benzene rings is 2. The molecule has 1 aliphatic heterocycles. The van der Waals surface area contributed by atoms with Gasteiger partial charge in [-0.25, -0.2) is 0 Å². The molecule has 0 aromatic heterocycles. The molecule has 6 heteroatoms. The molecule has 1 saturated heterocycles. The van der Waals surface area contributed by atoms with Gasteiger partial charge >= 0.3 is 0 Å². The van der Waals surface area contributed by atoms with Crippen LogP contribution in [0, 0.1) is 5.92 Å². The molecule has 3 N–H and O–H groups in total. The van der Waals surface area contributed by atoms with E-state index in [2.05, 4.69) is 5.32 Å². The summed E-state index contributed by atoms with van der Waals surface area (Å²) >= 11 is 0. The lowest BCUT2D eigenvalue weighted by molar-refractivity contribution is 0.0682. The molecule has 1 unspecified atom stereocenters. The number of likely N-dealkylation sites (tertiary alicyclic amines) is 1. The molecule has 2 amide bonds. The molecule has 2 aromatic rings. The van der Waals surface area contributed by atoms with E-state index >= 15 is 0 Å². The van der Waals surface area contributed by atoms with E-state index in [9.17, 15) is 9.59 Å². The summed E-state index contributed by atoms with van der Waals surface area (Å²) in [5.74, 6) is 0.200. The van der Waals surface area contributed by atoms with E-state index in [0.717, 1.165) is 12.8 Å². The largest absolute Gasteiger partial charge is 0.339 e. The van der Waals surface area contributed by atoms with Gasteiger partial charge in [-0.1, -0.05) is 30.3 Å². The number of carbonyl (C=O) groups is 2. The molecule has 144 valence electrons. The number of nitrogens with two attached hydrogens (primary N) is 1. The summed E-state index contributed by atoms with van der Waals surface area (Å²) in [5, 5.41) is 2.87. The van der Waals surface area contributed by atoms with Crippen molar-refractivity contribution in [2.75, 3.05) is 18.4 Å². The minimum absolute atomic E-state index is 0. The third kappa shape index (κ3) is 5.08. The van der Waals surface area contributed by atoms with Gasteiger partial charge in [-0.05, 0) is 49.9 Å². The predicted octanol–water partition coefficient (Wildman–Crippen LogP) is 3.56. The summed E-state index contributed by atoms with van der Waals surface area (Å²) in [4.78, 5) is 27.2. The fourth-order valence-electron chi connectivity index (χ4n) is 3.36. The van der Waals surface area contributed by atoms with Gasteiger partial charge in [0, 0.05) is 24.7 Å². The Balaban J connectivity index is 0.00000261. The van der Waals surface area contributed by atoms with Crippen LogP contribution >= 0.6 is 12.4 Å². The second-order valence-electron chi connectivity index (χ2n) is 6.85. The molecule has 3 rings (SSSR count). The van der Waals surface area contributed by atoms with E-state index < -0.39 is 0 Å². The van der Waals surface area contributed by atoms with Gasteiger partial charge in [0.1, 0.15) is 0 Å². The molecule has 0 radical (unpaired) electrons. The number of nitrogens with one attached hydrogen (secondary N) is 1. The lowest BCUT2D eigenvalue weighted by atomic mass is 9.90. The Bertz CT molecular complexity index is 772. The average Bonchev–Trinajstić information content (AvgIpc) is 2.68. The molecular formula is C21H26ClN3O2. The highest BCUT2D eigenvalue weighted by molar-refractivity contribution is 6.09. The standard InChI is InChI=1S/C21H25N3O2.ClH/c1-15(22)16-11-13-24(14-12-16)21(26)18-9-5-6-10-19(18)23-20(25)17-7-3-2-4-8-17;/h2-10,15-16H,11-14,22H2,1H3,(H,23,25);1H. The summed E-state index contributed by atoms with van der Waals surface area (Å²) in [7, 11) is 0. The van der Waals surface area contributed by atoms with Crippen LogP contribution in [-0.2, 0) is 0 Å². The van der Waals surface area contributed by atoms with Crippen molar-refractivity contribution < 1.29 is 9.59 Å². The van der Waals surface area contributed by atoms with Crippen LogP contribution in [0.5, 0.6) is 0 Å². The van der Waals surface area contributed by atoms with E-state index in [1.54, 1.807) is 24.3 Å². The van der Waals surface area contributed by atoms with Gasteiger partial charge in [-0.3, -0.25) is 9.59 Å². The summed E-state index contributed by atoms with van der Waals surface area (Å²) in [6.45, 7) is 3.43. The maximum absolute atomic E-state index is 13.0. The first-order chi connectivity index (χ1) is 12.6. The Hall–Kier alpha value is -2.37. The number of anilines is 1. The quantitative estimate of drug-likeness (QED) is 0.842. The first-order valence-corrected chi connectivity index (χ1v) is 9.06. The number of hydrogen-bond acceptors (Lipinski definition) is 3. The Morgan fingerprint density at radius 3 is 2.26 bits per heavy atom. The summed E-state index contributed by atoms with van der Waals surface area (Å²) in [6.07, 6.45) is 1.84. The third-order valence-electron chi connectivity index (χ3n) is 5.01. The summed E-state index contributed by atoms with van der Waals surface area (Å²) in [6, 6.07) is 16.3. The molecule has 0 aliphatic carbocycles. The molecule has 2 aromatic carbocycles. The normalized spacial score (nSPS) is 15.6. The minimum atomic E-state index is -0.221. The smallest absolute Gasteiger partial charge is 0.255 e. The van der Waals surface area contributed by atoms with Gasteiger partial charge in [0.25, 0.3) is 11.8 Å². The lowest BCUT2D eigenvalue weighted by Gasteiger charge is -2.34. The number of amides is 2. The van der Waals surface area contributed by atoms with Crippen molar-refractivity contribution in [2.45, 2.75) is 25.8 Å². The highest BCUT2D eigenvalue weighted by Crippen LogP contribution is 2.24. The second kappa shape index (κ2) is 9.53. The van der Waals surface area contributed by atoms with Crippen LogP contribution in [0.4, 0.5) is 5.69 Å². The van der Waals surface area contributed by atoms with Gasteiger partial charge in [0.15, 0.2) is 0 Å². The van der Waals surface area contributed by atoms with Crippen LogP contribution in [-0.4, -0.2) is 35.8 Å². The Labute approximate surface area is 166 Å². The number of rotatable bonds is 4. The molecule has 0 saturated carbocycles. The van der Waals surface area contributed by atoms with E-state index in [1.807, 2.05) is 42.2 Å². The highest BCUT2D eigenvalue weighted by Gasteiger charge is 2.26. The van der Waals surface area contributed by atoms with Gasteiger partial charge < -0.3 is 16.0 Å². The highest BCUT2D eigenvalue weighted by atomic mass is 35.5. The average molecular weight is 388 g/mol. The third-order valence-corrected chi connectivity index (χ3v) is 5.01. The Morgan fingerprint density at radius 1 is 1.04 bits per heavy atom. The Kier molecular flexibility index (Phi) is 7.39. The molecule has 1 fully saturated rings. The number of halogens is 1. The van der Waals surface area contributed by atoms with Crippen LogP contribution < -0.4 is 11.1 Å². The SMILES string of the molecule is CC(N)C1CCN(C(=O)c2ccccc2NC(=O)c2ccccc2)CC1.Cl. The first kappa shape index (κ1) is 20.9. The number of piperidine rings is 1. The first-order valence-electron chi connectivity index (χ1n) is 9.06. The molecule has 1 heterocycles. The number of hydrogen-bond donors (Lipinski definition) is 2. The topological polar surface area (TPSA) is 75.4 Å². The van der Waals surface area contributed by atoms with Gasteiger partial charge in [-0.2, -0.15) is 0 Å². The predicted molar refractivity (Wildman–Crippen MR) is 110 cm³/mol. The zero-order valence-corrected chi connectivity index (χ0v) is 16.2. The van der Waals surface area contributed by atoms with Crippen LogP contribution in [0.15, 0.2) is 54.6 Å². The zero-order valence-electron chi connectivity index (χ0n) is 15.4. The zero-order chi connectivity index (χ0) is 18.5. The van der Waals surface area contributed by atoms with Crippen LogP contribution in [0.3, 0.4) is 0 Å². The molecular weight excluding hydrogens is 362 g/mol. The fraction of sp³-hybridized carbons (Fsp3) is 0.333. The summed E-state index contributed by atoms with van der Waals surface area (Å²) < 4.78 is 0. The van der Waals surface area contributed by atoms with E-state index in [-0.39, 0.29) is 30.3 Å². The number of para-hydroxylation sites is 1. The van der Waals surface area contributed by atoms with Crippen LogP contribution in [0.1, 0.15) is 40.5 Å². The Morgan fingerprint density at radius 2 is 1.63 bits per heavy atom. The number of nitrogens with zero attached hydrogens (tertiary/aromatic N) is 1. The monoisotopic (exact) mass is 387 g/mol. The molecule has 5 nitrogen and oxygen atoms in total. The summed E-state index contributed by atoms with van der Waals surface area (Å²) in [5.41, 5.74) is 7.61. The number of carbonyl (C=O) groups excluding carboxylic acids is 2. The van der Waals surface area contributed by atoms with E-state index in [4.69, 9.17) is 5.73 Å². The second-order valence-corrected chi connectivity index (χ2v) is 6.85. The van der Waals surface area contributed by atoms with Crippen molar-refractivity contribution in [3.63, 3.8) is 0 Å². The van der Waals surface area contributed by atoms with E-state index in [1.165, 1.54) is 0 Å². The van der Waals surface area contributed by atoms with Gasteiger partial charge in [0.05, 0.1) is 11.3 Å². The van der Waals surface area contributed by atoms with Gasteiger partial charge in [-0.15, -0.1) is 12.4 Å². The maximum atomic E-state index is 13.0. The maximum Gasteiger partial charge on any atom is 0.255 e. The molecule has 1 aliphatic rings. The molecule has 0 spiro atoms. The van der Waals surface area contributed by atoms with E-state index in [0.29, 0.717) is 35.8 Å². The molecule has 27 heavy (non-hydrogen) atoms. The van der Waals surface area contributed by atoms with Crippen molar-refractivity contribution in [3.8, 4) is 0 Å². The van der Waals surface area contributed by atoms with Crippen molar-refractivity contribution in [3.05, 3.63) is 65.7 Å². The minimum Gasteiger partial charge on any atom is -0.339 e. The molecule has 1 atom stereocenters. The van der Waals surface area contributed by atoms with Crippen molar-refractivity contribution in [2.24, 2.45) is 11.7 Å². The molecule has 0 bridgehead atoms. The van der Waals surface area contributed by atoms with Crippen molar-refractivity contribution in [1.82, 2.24) is 4.90 Å². The van der Waals surface area contributed by atoms with Crippen LogP contribution in [0.25, 0.3) is 0 Å². The van der Waals surface area contributed by atoms with Crippen molar-refractivity contribution >= 4 is 29.9 Å². The fourth-order valence-corrected chi connectivity index (χ4v) is 3.36. The van der Waals surface area contributed by atoms with Crippen molar-refractivity contribution in [1.29, 1.82) is 0 Å². The van der Waals surface area contributed by atoms with Gasteiger partial charge in [0.2, 0.25) is 0 Å². The lowest BCUT2D eigenvalue weighted by Crippen LogP contribution is -2.42.